The van der Waals surface area contributed by atoms with E-state index < -0.39 is 23.7 Å². The van der Waals surface area contributed by atoms with E-state index in [2.05, 4.69) is 10.1 Å². The molecule has 104 valence electrons. The van der Waals surface area contributed by atoms with Gasteiger partial charge in [-0.25, -0.2) is 9.18 Å². The second-order valence-electron chi connectivity index (χ2n) is 4.45. The van der Waals surface area contributed by atoms with Gasteiger partial charge in [-0.1, -0.05) is 13.8 Å². The smallest absolute Gasteiger partial charge is 0.340 e. The maximum atomic E-state index is 13.4. The fourth-order valence-corrected chi connectivity index (χ4v) is 1.40. The standard InChI is InChI=1S/C13H17FN2O3/c1-7(2)11(15)12(17)16-8-4-5-10(14)9(6-8)13(18)19-3/h4-7,11H,15H2,1-3H3,(H,16,17). The topological polar surface area (TPSA) is 81.4 Å². The van der Waals surface area contributed by atoms with Crippen LogP contribution in [0.1, 0.15) is 24.2 Å². The van der Waals surface area contributed by atoms with Gasteiger partial charge in [-0.05, 0) is 24.1 Å². The monoisotopic (exact) mass is 268 g/mol. The van der Waals surface area contributed by atoms with Crippen molar-refractivity contribution in [1.29, 1.82) is 0 Å². The number of carbonyl (C=O) groups is 2. The van der Waals surface area contributed by atoms with Gasteiger partial charge in [-0.2, -0.15) is 0 Å². The zero-order valence-electron chi connectivity index (χ0n) is 11.1. The summed E-state index contributed by atoms with van der Waals surface area (Å²) in [5.74, 6) is -1.93. The van der Waals surface area contributed by atoms with Crippen LogP contribution in [-0.2, 0) is 9.53 Å². The molecule has 0 bridgehead atoms. The van der Waals surface area contributed by atoms with Crippen LogP contribution in [0.2, 0.25) is 0 Å². The Labute approximate surface area is 110 Å². The van der Waals surface area contributed by atoms with Crippen LogP contribution < -0.4 is 11.1 Å². The lowest BCUT2D eigenvalue weighted by atomic mass is 10.0. The van der Waals surface area contributed by atoms with Crippen molar-refractivity contribution in [3.8, 4) is 0 Å². The molecular weight excluding hydrogens is 251 g/mol. The minimum atomic E-state index is -0.804. The Balaban J connectivity index is 2.91. The highest BCUT2D eigenvalue weighted by Gasteiger charge is 2.18. The highest BCUT2D eigenvalue weighted by Crippen LogP contribution is 2.16. The van der Waals surface area contributed by atoms with Gasteiger partial charge in [0.05, 0.1) is 18.7 Å². The van der Waals surface area contributed by atoms with Crippen molar-refractivity contribution in [2.45, 2.75) is 19.9 Å². The van der Waals surface area contributed by atoms with Crippen molar-refractivity contribution in [2.75, 3.05) is 12.4 Å². The van der Waals surface area contributed by atoms with E-state index in [1.807, 2.05) is 13.8 Å². The Kier molecular flexibility index (Phi) is 5.00. The fourth-order valence-electron chi connectivity index (χ4n) is 1.40. The molecule has 0 aliphatic heterocycles. The van der Waals surface area contributed by atoms with Crippen LogP contribution in [0, 0.1) is 11.7 Å². The van der Waals surface area contributed by atoms with Gasteiger partial charge in [0.25, 0.3) is 0 Å². The molecular formula is C13H17FN2O3. The molecule has 0 saturated heterocycles. The number of hydrogen-bond acceptors (Lipinski definition) is 4. The van der Waals surface area contributed by atoms with Crippen molar-refractivity contribution < 1.29 is 18.7 Å². The summed E-state index contributed by atoms with van der Waals surface area (Å²) in [6.45, 7) is 3.63. The highest BCUT2D eigenvalue weighted by molar-refractivity contribution is 5.97. The Bertz CT molecular complexity index is 489. The second kappa shape index (κ2) is 6.29. The van der Waals surface area contributed by atoms with Crippen molar-refractivity contribution in [3.63, 3.8) is 0 Å². The van der Waals surface area contributed by atoms with E-state index in [0.29, 0.717) is 5.69 Å². The molecule has 0 aliphatic carbocycles. The number of nitrogens with one attached hydrogen (secondary N) is 1. The molecule has 5 nitrogen and oxygen atoms in total. The first-order chi connectivity index (χ1) is 8.86. The molecule has 1 rings (SSSR count). The van der Waals surface area contributed by atoms with E-state index >= 15 is 0 Å². The maximum absolute atomic E-state index is 13.4. The maximum Gasteiger partial charge on any atom is 0.340 e. The number of halogens is 1. The molecule has 1 amide bonds. The quantitative estimate of drug-likeness (QED) is 0.811. The van der Waals surface area contributed by atoms with Gasteiger partial charge < -0.3 is 15.8 Å². The average Bonchev–Trinajstić information content (AvgIpc) is 2.38. The SMILES string of the molecule is COC(=O)c1cc(NC(=O)C(N)C(C)C)ccc1F. The fraction of sp³-hybridized carbons (Fsp3) is 0.385. The number of methoxy groups -OCH3 is 1. The number of carbonyl (C=O) groups excluding carboxylic acids is 2. The molecule has 1 unspecified atom stereocenters. The average molecular weight is 268 g/mol. The molecule has 0 aromatic heterocycles. The van der Waals surface area contributed by atoms with Crippen molar-refractivity contribution in [1.82, 2.24) is 0 Å². The van der Waals surface area contributed by atoms with E-state index in [9.17, 15) is 14.0 Å². The summed E-state index contributed by atoms with van der Waals surface area (Å²) < 4.78 is 17.8. The molecule has 0 fully saturated rings. The lowest BCUT2D eigenvalue weighted by Crippen LogP contribution is -2.39. The molecule has 3 N–H and O–H groups in total. The summed E-state index contributed by atoms with van der Waals surface area (Å²) in [6.07, 6.45) is 0. The van der Waals surface area contributed by atoms with Crippen LogP contribution in [-0.4, -0.2) is 25.0 Å². The number of esters is 1. The van der Waals surface area contributed by atoms with Crippen LogP contribution in [0.15, 0.2) is 18.2 Å². The number of anilines is 1. The summed E-state index contributed by atoms with van der Waals surface area (Å²) in [6, 6.07) is 2.98. The molecule has 0 heterocycles. The van der Waals surface area contributed by atoms with Crippen LogP contribution in [0.25, 0.3) is 0 Å². The summed E-state index contributed by atoms with van der Waals surface area (Å²) in [5.41, 5.74) is 5.74. The Morgan fingerprint density at radius 2 is 2.00 bits per heavy atom. The third-order valence-corrected chi connectivity index (χ3v) is 2.66. The summed E-state index contributed by atoms with van der Waals surface area (Å²) in [7, 11) is 1.15. The van der Waals surface area contributed by atoms with Gasteiger partial charge in [-0.3, -0.25) is 4.79 Å². The molecule has 0 radical (unpaired) electrons. The Morgan fingerprint density at radius 3 is 2.53 bits per heavy atom. The van der Waals surface area contributed by atoms with E-state index in [4.69, 9.17) is 5.73 Å². The Morgan fingerprint density at radius 1 is 1.37 bits per heavy atom. The predicted octanol–water partition coefficient (Wildman–Crippen LogP) is 1.53. The second-order valence-corrected chi connectivity index (χ2v) is 4.45. The van der Waals surface area contributed by atoms with Crippen LogP contribution in [0.5, 0.6) is 0 Å². The minimum Gasteiger partial charge on any atom is -0.465 e. The molecule has 0 saturated carbocycles. The molecule has 19 heavy (non-hydrogen) atoms. The first-order valence-electron chi connectivity index (χ1n) is 5.81. The van der Waals surface area contributed by atoms with E-state index in [1.165, 1.54) is 12.1 Å². The first kappa shape index (κ1) is 15.1. The van der Waals surface area contributed by atoms with Crippen LogP contribution >= 0.6 is 0 Å². The predicted molar refractivity (Wildman–Crippen MR) is 69.2 cm³/mol. The normalized spacial score (nSPS) is 12.1. The molecule has 6 heteroatoms. The number of amides is 1. The molecule has 1 aromatic rings. The molecule has 1 atom stereocenters. The third-order valence-electron chi connectivity index (χ3n) is 2.66. The lowest BCUT2D eigenvalue weighted by molar-refractivity contribution is -0.118. The largest absolute Gasteiger partial charge is 0.465 e. The summed E-state index contributed by atoms with van der Waals surface area (Å²) >= 11 is 0. The number of ether oxygens (including phenoxy) is 1. The van der Waals surface area contributed by atoms with Crippen LogP contribution in [0.3, 0.4) is 0 Å². The van der Waals surface area contributed by atoms with E-state index in [1.54, 1.807) is 0 Å². The number of nitrogens with two attached hydrogens (primary N) is 1. The van der Waals surface area contributed by atoms with Gasteiger partial charge in [0, 0.05) is 5.69 Å². The van der Waals surface area contributed by atoms with Crippen molar-refractivity contribution >= 4 is 17.6 Å². The van der Waals surface area contributed by atoms with Gasteiger partial charge in [0.15, 0.2) is 0 Å². The molecule has 0 aliphatic rings. The molecule has 1 aromatic carbocycles. The Hall–Kier alpha value is -1.95. The van der Waals surface area contributed by atoms with Crippen LogP contribution in [0.4, 0.5) is 10.1 Å². The van der Waals surface area contributed by atoms with Gasteiger partial charge in [0.2, 0.25) is 5.91 Å². The lowest BCUT2D eigenvalue weighted by Gasteiger charge is -2.15. The summed E-state index contributed by atoms with van der Waals surface area (Å²) in [5, 5.41) is 2.53. The number of benzene rings is 1. The van der Waals surface area contributed by atoms with Gasteiger partial charge >= 0.3 is 5.97 Å². The zero-order chi connectivity index (χ0) is 14.6. The van der Waals surface area contributed by atoms with Crippen molar-refractivity contribution in [3.05, 3.63) is 29.6 Å². The van der Waals surface area contributed by atoms with Crippen molar-refractivity contribution in [2.24, 2.45) is 11.7 Å². The first-order valence-corrected chi connectivity index (χ1v) is 5.81. The van der Waals surface area contributed by atoms with E-state index in [-0.39, 0.29) is 11.5 Å². The zero-order valence-corrected chi connectivity index (χ0v) is 11.1. The third kappa shape index (κ3) is 3.75. The highest BCUT2D eigenvalue weighted by atomic mass is 19.1. The number of rotatable bonds is 4. The van der Waals surface area contributed by atoms with E-state index in [0.717, 1.165) is 13.2 Å². The minimum absolute atomic E-state index is 0.0273. The molecule has 0 spiro atoms. The van der Waals surface area contributed by atoms with Gasteiger partial charge in [0.1, 0.15) is 5.82 Å². The van der Waals surface area contributed by atoms with Gasteiger partial charge in [-0.15, -0.1) is 0 Å². The summed E-state index contributed by atoms with van der Waals surface area (Å²) in [4.78, 5) is 23.1. The number of hydrogen-bond donors (Lipinski definition) is 2.